The fourth-order valence-electron chi connectivity index (χ4n) is 1.83. The number of aromatic amines is 1. The first kappa shape index (κ1) is 12.3. The van der Waals surface area contributed by atoms with E-state index in [1.165, 1.54) is 16.8 Å². The third-order valence-electron chi connectivity index (χ3n) is 2.69. The Balaban J connectivity index is 1.93. The summed E-state index contributed by atoms with van der Waals surface area (Å²) in [5.41, 5.74) is 3.94. The van der Waals surface area contributed by atoms with Crippen LogP contribution in [0.5, 0.6) is 0 Å². The zero-order valence-corrected chi connectivity index (χ0v) is 11.4. The van der Waals surface area contributed by atoms with E-state index in [2.05, 4.69) is 53.1 Å². The maximum absolute atomic E-state index is 4.14. The Bertz CT molecular complexity index is 451. The zero-order chi connectivity index (χ0) is 12.3. The molecule has 0 saturated carbocycles. The van der Waals surface area contributed by atoms with Gasteiger partial charge in [0.1, 0.15) is 0 Å². The van der Waals surface area contributed by atoms with Crippen LogP contribution in [0.15, 0.2) is 23.0 Å². The third-order valence-corrected chi connectivity index (χ3v) is 3.42. The highest BCUT2D eigenvalue weighted by molar-refractivity contribution is 7.07. The summed E-state index contributed by atoms with van der Waals surface area (Å²) in [6, 6.07) is 2.15. The Morgan fingerprint density at radius 3 is 2.82 bits per heavy atom. The van der Waals surface area contributed by atoms with Gasteiger partial charge in [0, 0.05) is 29.8 Å². The summed E-state index contributed by atoms with van der Waals surface area (Å²) in [7, 11) is 0. The van der Waals surface area contributed by atoms with Gasteiger partial charge in [-0.1, -0.05) is 20.8 Å². The molecule has 0 fully saturated rings. The van der Waals surface area contributed by atoms with Gasteiger partial charge in [0.2, 0.25) is 0 Å². The van der Waals surface area contributed by atoms with Crippen molar-refractivity contribution in [3.63, 3.8) is 0 Å². The number of thiophene rings is 1. The molecule has 17 heavy (non-hydrogen) atoms. The second-order valence-electron chi connectivity index (χ2n) is 5.26. The van der Waals surface area contributed by atoms with E-state index in [1.807, 2.05) is 6.20 Å². The largest absolute Gasteiger partial charge is 0.308 e. The molecule has 2 aromatic rings. The van der Waals surface area contributed by atoms with Gasteiger partial charge in [-0.05, 0) is 22.4 Å². The first-order chi connectivity index (χ1) is 8.07. The Labute approximate surface area is 106 Å². The molecule has 0 radical (unpaired) electrons. The number of hydrogen-bond donors (Lipinski definition) is 2. The summed E-state index contributed by atoms with van der Waals surface area (Å²) >= 11 is 1.74. The predicted molar refractivity (Wildman–Crippen MR) is 72.2 cm³/mol. The van der Waals surface area contributed by atoms with Gasteiger partial charge in [-0.3, -0.25) is 5.10 Å². The van der Waals surface area contributed by atoms with Gasteiger partial charge >= 0.3 is 0 Å². The lowest BCUT2D eigenvalue weighted by molar-refractivity contribution is 0.553. The molecule has 2 aromatic heterocycles. The van der Waals surface area contributed by atoms with Crippen molar-refractivity contribution in [1.82, 2.24) is 15.5 Å². The first-order valence-electron chi connectivity index (χ1n) is 5.82. The minimum atomic E-state index is 0.121. The van der Waals surface area contributed by atoms with Crippen LogP contribution in [0.2, 0.25) is 0 Å². The van der Waals surface area contributed by atoms with Gasteiger partial charge in [0.05, 0.1) is 6.20 Å². The van der Waals surface area contributed by atoms with Gasteiger partial charge in [0.15, 0.2) is 0 Å². The Morgan fingerprint density at radius 1 is 1.35 bits per heavy atom. The third kappa shape index (κ3) is 3.17. The van der Waals surface area contributed by atoms with Gasteiger partial charge in [0.25, 0.3) is 0 Å². The molecule has 2 N–H and O–H groups in total. The van der Waals surface area contributed by atoms with Crippen LogP contribution in [0.1, 0.15) is 37.6 Å². The normalized spacial score (nSPS) is 11.9. The van der Waals surface area contributed by atoms with Gasteiger partial charge in [-0.15, -0.1) is 0 Å². The second-order valence-corrected chi connectivity index (χ2v) is 6.04. The van der Waals surface area contributed by atoms with Crippen LogP contribution in [0.25, 0.3) is 0 Å². The molecule has 0 atom stereocenters. The lowest BCUT2D eigenvalue weighted by atomic mass is 9.89. The molecule has 92 valence electrons. The van der Waals surface area contributed by atoms with Crippen molar-refractivity contribution >= 4 is 11.3 Å². The Kier molecular flexibility index (Phi) is 3.64. The van der Waals surface area contributed by atoms with Crippen molar-refractivity contribution in [2.45, 2.75) is 39.3 Å². The van der Waals surface area contributed by atoms with Crippen molar-refractivity contribution in [3.05, 3.63) is 39.8 Å². The summed E-state index contributed by atoms with van der Waals surface area (Å²) in [4.78, 5) is 0. The van der Waals surface area contributed by atoms with E-state index in [-0.39, 0.29) is 5.41 Å². The van der Waals surface area contributed by atoms with Crippen LogP contribution in [0.4, 0.5) is 0 Å². The monoisotopic (exact) mass is 249 g/mol. The second kappa shape index (κ2) is 5.02. The Morgan fingerprint density at radius 2 is 2.18 bits per heavy atom. The molecule has 4 heteroatoms. The fraction of sp³-hybridized carbons (Fsp3) is 0.462. The molecule has 2 heterocycles. The predicted octanol–water partition coefficient (Wildman–Crippen LogP) is 3.06. The maximum Gasteiger partial charge on any atom is 0.0535 e. The number of nitrogens with zero attached hydrogens (tertiary/aromatic N) is 1. The van der Waals surface area contributed by atoms with E-state index < -0.39 is 0 Å². The standard InChI is InChI=1S/C13H19N3S/c1-13(2,3)12-11(8-15-16-12)7-14-6-10-4-5-17-9-10/h4-5,8-9,14H,6-7H2,1-3H3,(H,15,16). The van der Waals surface area contributed by atoms with Crippen LogP contribution >= 0.6 is 11.3 Å². The van der Waals surface area contributed by atoms with Crippen molar-refractivity contribution in [2.24, 2.45) is 0 Å². The summed E-state index contributed by atoms with van der Waals surface area (Å²) in [5, 5.41) is 15.0. The number of aromatic nitrogens is 2. The molecular weight excluding hydrogens is 230 g/mol. The average Bonchev–Trinajstić information content (AvgIpc) is 2.86. The fourth-order valence-corrected chi connectivity index (χ4v) is 2.50. The van der Waals surface area contributed by atoms with Crippen LogP contribution < -0.4 is 5.32 Å². The smallest absolute Gasteiger partial charge is 0.0535 e. The first-order valence-corrected chi connectivity index (χ1v) is 6.76. The van der Waals surface area contributed by atoms with Crippen molar-refractivity contribution < 1.29 is 0 Å². The van der Waals surface area contributed by atoms with Gasteiger partial charge in [-0.25, -0.2) is 0 Å². The molecule has 0 aliphatic carbocycles. The lowest BCUT2D eigenvalue weighted by Crippen LogP contribution is -2.18. The van der Waals surface area contributed by atoms with E-state index in [4.69, 9.17) is 0 Å². The van der Waals surface area contributed by atoms with Crippen molar-refractivity contribution in [1.29, 1.82) is 0 Å². The molecule has 3 nitrogen and oxygen atoms in total. The van der Waals surface area contributed by atoms with E-state index in [0.29, 0.717) is 0 Å². The summed E-state index contributed by atoms with van der Waals surface area (Å²) < 4.78 is 0. The van der Waals surface area contributed by atoms with Crippen molar-refractivity contribution in [2.75, 3.05) is 0 Å². The highest BCUT2D eigenvalue weighted by atomic mass is 32.1. The minimum Gasteiger partial charge on any atom is -0.308 e. The Hall–Kier alpha value is -1.13. The quantitative estimate of drug-likeness (QED) is 0.874. The van der Waals surface area contributed by atoms with Gasteiger partial charge in [-0.2, -0.15) is 16.4 Å². The average molecular weight is 249 g/mol. The highest BCUT2D eigenvalue weighted by Crippen LogP contribution is 2.23. The zero-order valence-electron chi connectivity index (χ0n) is 10.6. The van der Waals surface area contributed by atoms with E-state index >= 15 is 0 Å². The molecule has 0 aliphatic heterocycles. The summed E-state index contributed by atoms with van der Waals surface area (Å²) in [5.74, 6) is 0. The van der Waals surface area contributed by atoms with E-state index in [1.54, 1.807) is 11.3 Å². The van der Waals surface area contributed by atoms with Crippen molar-refractivity contribution in [3.8, 4) is 0 Å². The summed E-state index contributed by atoms with van der Waals surface area (Å²) in [6.07, 6.45) is 1.92. The molecule has 0 aromatic carbocycles. The van der Waals surface area contributed by atoms with Crippen LogP contribution in [0, 0.1) is 0 Å². The van der Waals surface area contributed by atoms with Crippen LogP contribution in [0.3, 0.4) is 0 Å². The number of H-pyrrole nitrogens is 1. The number of rotatable bonds is 4. The van der Waals surface area contributed by atoms with Crippen LogP contribution in [-0.2, 0) is 18.5 Å². The lowest BCUT2D eigenvalue weighted by Gasteiger charge is -2.18. The molecule has 0 saturated heterocycles. The minimum absolute atomic E-state index is 0.121. The molecule has 0 unspecified atom stereocenters. The molecule has 0 amide bonds. The maximum atomic E-state index is 4.14. The summed E-state index contributed by atoms with van der Waals surface area (Å²) in [6.45, 7) is 8.37. The molecule has 2 rings (SSSR count). The number of nitrogens with one attached hydrogen (secondary N) is 2. The van der Waals surface area contributed by atoms with E-state index in [0.717, 1.165) is 13.1 Å². The molecule has 0 aliphatic rings. The molecule has 0 bridgehead atoms. The molecular formula is C13H19N3S. The van der Waals surface area contributed by atoms with E-state index in [9.17, 15) is 0 Å². The highest BCUT2D eigenvalue weighted by Gasteiger charge is 2.19. The number of hydrogen-bond acceptors (Lipinski definition) is 3. The van der Waals surface area contributed by atoms with Gasteiger partial charge < -0.3 is 5.32 Å². The van der Waals surface area contributed by atoms with Crippen LogP contribution in [-0.4, -0.2) is 10.2 Å². The topological polar surface area (TPSA) is 40.7 Å². The molecule has 0 spiro atoms. The SMILES string of the molecule is CC(C)(C)c1[nH]ncc1CNCc1ccsc1.